The molecule has 18 aromatic carbocycles. The van der Waals surface area contributed by atoms with Gasteiger partial charge < -0.3 is 18.8 Å². The number of rotatable bonds is 13. The summed E-state index contributed by atoms with van der Waals surface area (Å²) in [5.74, 6) is 0.597. The number of nitrogens with zero attached hydrogens (tertiary/aromatic N) is 6. The first kappa shape index (κ1) is 102. The lowest BCUT2D eigenvalue weighted by molar-refractivity contribution is 0.567. The average Bonchev–Trinajstić information content (AvgIpc) is 0.776. The van der Waals surface area contributed by atoms with E-state index in [0.717, 1.165) is 100 Å². The summed E-state index contributed by atoms with van der Waals surface area (Å²) in [4.78, 5) is 16.2. The minimum absolute atomic E-state index is 0. The van der Waals surface area contributed by atoms with Gasteiger partial charge in [0.15, 0.2) is 5.58 Å². The van der Waals surface area contributed by atoms with Gasteiger partial charge in [0.2, 0.25) is 5.95 Å². The van der Waals surface area contributed by atoms with Crippen LogP contribution in [0.4, 0.5) is 34.1 Å². The molecular formula is C142H142N6OS. The third kappa shape index (κ3) is 19.0. The molecule has 0 spiro atoms. The van der Waals surface area contributed by atoms with E-state index in [-0.39, 0.29) is 58.2 Å². The van der Waals surface area contributed by atoms with Crippen LogP contribution in [0.5, 0.6) is 0 Å². The van der Waals surface area contributed by atoms with Gasteiger partial charge in [-0.1, -0.05) is 430 Å². The van der Waals surface area contributed by atoms with E-state index >= 15 is 0 Å². The highest BCUT2D eigenvalue weighted by molar-refractivity contribution is 7.26. The molecule has 0 aliphatic carbocycles. The second-order valence-corrected chi connectivity index (χ2v) is 50.3. The SMILES string of the molecule is C.C.CC(C)(C)c1cc(N(c2cc(C(C)(C)C)cc(C(C)(C)C)c2)c2c3ccc(-c4ccccc4)cc3c(N(c3cc(C(C)(C)C)cc(C(C)(C)C)c3)c3cc(C(C)(C)C)cc(C(C)(C)C)c3)c3ccc(-c4ccccc4)cc23)cc(C(C)(C)C)c1.c1ccc(-c2nc(-n3c4ccccc4c4cc(-c5ccc6c(c5)c5ccccc5n6-c5ccccc5)ccc43)nc3c2oc2ccc(-c4cccc5c4sc4ccccc45)cc23)cc1. The van der Waals surface area contributed by atoms with Crippen molar-refractivity contribution >= 4 is 153 Å². The highest BCUT2D eigenvalue weighted by Gasteiger charge is 2.36. The number of hydrogen-bond acceptors (Lipinski definition) is 6. The third-order valence-corrected chi connectivity index (χ3v) is 31.5. The Labute approximate surface area is 892 Å². The first-order valence-corrected chi connectivity index (χ1v) is 53.4. The van der Waals surface area contributed by atoms with Crippen LogP contribution < -0.4 is 9.80 Å². The fourth-order valence-corrected chi connectivity index (χ4v) is 22.8. The molecular weight excluding hydrogens is 1840 g/mol. The molecule has 0 unspecified atom stereocenters. The Kier molecular flexibility index (Phi) is 25.9. The van der Waals surface area contributed by atoms with Gasteiger partial charge in [-0.2, -0.15) is 0 Å². The van der Waals surface area contributed by atoms with Crippen LogP contribution in [0.2, 0.25) is 0 Å². The highest BCUT2D eigenvalue weighted by atomic mass is 32.1. The summed E-state index contributed by atoms with van der Waals surface area (Å²) in [5.41, 5.74) is 35.3. The van der Waals surface area contributed by atoms with E-state index in [9.17, 15) is 0 Å². The normalized spacial score (nSPS) is 12.6. The maximum atomic E-state index is 6.73. The number of fused-ring (bicyclic) bond motifs is 14. The number of thiophene rings is 1. The lowest BCUT2D eigenvalue weighted by atomic mass is 9.79. The zero-order valence-electron chi connectivity index (χ0n) is 90.3. The van der Waals surface area contributed by atoms with Crippen molar-refractivity contribution in [2.45, 2.75) is 224 Å². The van der Waals surface area contributed by atoms with Gasteiger partial charge in [0, 0.05) is 103 Å². The minimum atomic E-state index is -0.133. The molecule has 0 aliphatic rings. The Morgan fingerprint density at radius 2 is 0.553 bits per heavy atom. The summed E-state index contributed by atoms with van der Waals surface area (Å²) in [6.07, 6.45) is 0. The maximum absolute atomic E-state index is 6.73. The molecule has 23 aromatic rings. The molecule has 0 radical (unpaired) electrons. The molecule has 0 bridgehead atoms. The monoisotopic (exact) mass is 1980 g/mol. The molecule has 150 heavy (non-hydrogen) atoms. The second-order valence-electron chi connectivity index (χ2n) is 49.2. The van der Waals surface area contributed by atoms with Crippen LogP contribution in [-0.4, -0.2) is 19.1 Å². The average molecular weight is 1980 g/mol. The van der Waals surface area contributed by atoms with Gasteiger partial charge in [-0.15, -0.1) is 11.3 Å². The molecule has 0 aliphatic heterocycles. The van der Waals surface area contributed by atoms with Crippen LogP contribution in [0.3, 0.4) is 0 Å². The summed E-state index contributed by atoms with van der Waals surface area (Å²) < 4.78 is 13.9. The van der Waals surface area contributed by atoms with Gasteiger partial charge in [-0.05, 0) is 260 Å². The van der Waals surface area contributed by atoms with Crippen molar-refractivity contribution in [1.29, 1.82) is 0 Å². The van der Waals surface area contributed by atoms with Crippen molar-refractivity contribution in [3.8, 4) is 67.4 Å². The Bertz CT molecular complexity index is 8610. The highest BCUT2D eigenvalue weighted by Crippen LogP contribution is 2.57. The van der Waals surface area contributed by atoms with Crippen LogP contribution in [0.25, 0.3) is 175 Å². The largest absolute Gasteiger partial charge is 0.452 e. The first-order chi connectivity index (χ1) is 70.4. The van der Waals surface area contributed by atoms with E-state index in [1.165, 1.54) is 141 Å². The Hall–Kier alpha value is -15.2. The van der Waals surface area contributed by atoms with Crippen molar-refractivity contribution in [2.75, 3.05) is 9.80 Å². The molecule has 0 fully saturated rings. The fraction of sp³-hybridized carbons (Fsp3) is 0.239. The Morgan fingerprint density at radius 3 is 0.967 bits per heavy atom. The summed E-state index contributed by atoms with van der Waals surface area (Å²) in [6.45, 7) is 56.8. The van der Waals surface area contributed by atoms with E-state index in [2.05, 4.69) is 543 Å². The molecule has 7 nitrogen and oxygen atoms in total. The predicted molar refractivity (Wildman–Crippen MR) is 652 cm³/mol. The summed E-state index contributed by atoms with van der Waals surface area (Å²) in [6, 6.07) is 140. The number of furan rings is 1. The Balaban J connectivity index is 0.000000184. The van der Waals surface area contributed by atoms with Crippen molar-refractivity contribution in [2.24, 2.45) is 0 Å². The minimum Gasteiger partial charge on any atom is -0.452 e. The van der Waals surface area contributed by atoms with E-state index in [4.69, 9.17) is 14.4 Å². The van der Waals surface area contributed by atoms with Crippen molar-refractivity contribution < 1.29 is 4.42 Å². The molecule has 0 saturated heterocycles. The van der Waals surface area contributed by atoms with E-state index in [0.29, 0.717) is 11.5 Å². The molecule has 5 aromatic heterocycles. The molecule has 8 heteroatoms. The van der Waals surface area contributed by atoms with Crippen LogP contribution in [0, 0.1) is 0 Å². The standard InChI is InChI=1S/C82H100N2.C58H34N4OS.2CH4/c1-75(2,3)57-41-58(76(4,5)6)46-65(45-57)83(66-47-59(77(7,8)9)42-60(48-66)78(10,11)12)73-69-37-35-56(54-33-29-26-30-34-54)40-72(69)74(70-38-36-55(39-71(70)73)53-31-27-25-28-32-53)84(67-49-61(79(13,14)15)43-62(50-67)80(16,17)18)68-51-63(81(19,20)21)44-64(52-68)82(22,23)24;1-3-14-35(15-4-1)54-56-55(47-34-38(28-31-52(47)63-56)40-21-13-22-44-43-20-9-12-25-53(43)64-57(40)44)60-58(59-54)62-49-24-11-8-19-42(49)46-33-37(27-30-51(46)62)36-26-29-50-45(32-36)41-18-7-10-23-48(41)61(50)39-16-5-2-6-17-39;;/h25-52H,1-24H3;1-34H;2*1H4. The van der Waals surface area contributed by atoms with Gasteiger partial charge in [0.1, 0.15) is 16.8 Å². The van der Waals surface area contributed by atoms with Crippen molar-refractivity contribution in [3.05, 3.63) is 421 Å². The molecule has 0 N–H and O–H groups in total. The third-order valence-electron chi connectivity index (χ3n) is 30.3. The van der Waals surface area contributed by atoms with Crippen molar-refractivity contribution in [1.82, 2.24) is 19.1 Å². The van der Waals surface area contributed by atoms with Gasteiger partial charge >= 0.3 is 0 Å². The number of anilines is 6. The number of hydrogen-bond donors (Lipinski definition) is 0. The van der Waals surface area contributed by atoms with Crippen LogP contribution in [0.1, 0.15) is 226 Å². The van der Waals surface area contributed by atoms with Crippen LogP contribution >= 0.6 is 11.3 Å². The lowest BCUT2D eigenvalue weighted by Gasteiger charge is -2.37. The Morgan fingerprint density at radius 1 is 0.233 bits per heavy atom. The molecule has 752 valence electrons. The number of aromatic nitrogens is 4. The molecule has 23 rings (SSSR count). The molecule has 0 atom stereocenters. The van der Waals surface area contributed by atoms with Gasteiger partial charge in [-0.3, -0.25) is 4.57 Å². The van der Waals surface area contributed by atoms with E-state index < -0.39 is 0 Å². The second kappa shape index (κ2) is 38.1. The summed E-state index contributed by atoms with van der Waals surface area (Å²) in [5, 5.41) is 13.0. The predicted octanol–water partition coefficient (Wildman–Crippen LogP) is 41.9. The summed E-state index contributed by atoms with van der Waals surface area (Å²) in [7, 11) is 0. The van der Waals surface area contributed by atoms with Gasteiger partial charge in [-0.25, -0.2) is 9.97 Å². The summed E-state index contributed by atoms with van der Waals surface area (Å²) >= 11 is 1.84. The van der Waals surface area contributed by atoms with Gasteiger partial charge in [0.05, 0.1) is 33.4 Å². The molecule has 0 amide bonds. The zero-order chi connectivity index (χ0) is 104. The molecule has 5 heterocycles. The zero-order valence-corrected chi connectivity index (χ0v) is 91.1. The van der Waals surface area contributed by atoms with E-state index in [1.54, 1.807) is 0 Å². The first-order valence-electron chi connectivity index (χ1n) is 52.6. The number of para-hydroxylation sites is 3. The lowest BCUT2D eigenvalue weighted by Crippen LogP contribution is -2.22. The molecule has 0 saturated carbocycles. The smallest absolute Gasteiger partial charge is 0.236 e. The maximum Gasteiger partial charge on any atom is 0.236 e. The van der Waals surface area contributed by atoms with Crippen molar-refractivity contribution in [3.63, 3.8) is 0 Å². The topological polar surface area (TPSA) is 55.3 Å². The fourth-order valence-electron chi connectivity index (χ4n) is 21.6. The van der Waals surface area contributed by atoms with E-state index in [1.807, 2.05) is 29.5 Å². The van der Waals surface area contributed by atoms with Crippen LogP contribution in [-0.2, 0) is 43.3 Å². The van der Waals surface area contributed by atoms with Gasteiger partial charge in [0.25, 0.3) is 0 Å². The number of benzene rings is 18. The van der Waals surface area contributed by atoms with Crippen LogP contribution in [0.15, 0.2) is 381 Å². The quantitative estimate of drug-likeness (QED) is 0.0850.